The Morgan fingerprint density at radius 3 is 2.68 bits per heavy atom. The normalized spacial score (nSPS) is 25.3. The van der Waals surface area contributed by atoms with Crippen molar-refractivity contribution in [2.45, 2.75) is 37.9 Å². The smallest absolute Gasteiger partial charge is 0.310 e. The third kappa shape index (κ3) is 4.18. The van der Waals surface area contributed by atoms with Gasteiger partial charge in [-0.2, -0.15) is 5.26 Å². The Hall–Kier alpha value is -1.13. The summed E-state index contributed by atoms with van der Waals surface area (Å²) in [6, 6.07) is 1.97. The second-order valence-electron chi connectivity index (χ2n) is 4.88. The topological polar surface area (TPSA) is 96.3 Å². The third-order valence-corrected chi connectivity index (χ3v) is 5.35. The zero-order valence-electron chi connectivity index (χ0n) is 11.3. The molecule has 0 aliphatic heterocycles. The third-order valence-electron chi connectivity index (χ3n) is 3.42. The van der Waals surface area contributed by atoms with Gasteiger partial charge in [-0.15, -0.1) is 0 Å². The molecule has 0 unspecified atom stereocenters. The predicted molar refractivity (Wildman–Crippen MR) is 69.5 cm³/mol. The fraction of sp³-hybridized carbons (Fsp3) is 0.833. The summed E-state index contributed by atoms with van der Waals surface area (Å²) in [6.07, 6.45) is 2.61. The highest BCUT2D eigenvalue weighted by Crippen LogP contribution is 2.30. The van der Waals surface area contributed by atoms with Crippen LogP contribution in [-0.4, -0.2) is 33.3 Å². The van der Waals surface area contributed by atoms with Gasteiger partial charge in [0.1, 0.15) is 0 Å². The van der Waals surface area contributed by atoms with Gasteiger partial charge in [-0.1, -0.05) is 12.8 Å². The highest BCUT2D eigenvalue weighted by atomic mass is 32.2. The lowest BCUT2D eigenvalue weighted by Crippen LogP contribution is -2.45. The lowest BCUT2D eigenvalue weighted by atomic mass is 9.89. The van der Waals surface area contributed by atoms with Crippen molar-refractivity contribution in [1.82, 2.24) is 4.72 Å². The molecule has 0 amide bonds. The first-order valence-corrected chi connectivity index (χ1v) is 7.93. The molecule has 1 N–H and O–H groups in total. The first-order chi connectivity index (χ1) is 8.92. The van der Waals surface area contributed by atoms with Crippen molar-refractivity contribution in [3.63, 3.8) is 0 Å². The second-order valence-corrected chi connectivity index (χ2v) is 6.86. The Labute approximate surface area is 114 Å². The van der Waals surface area contributed by atoms with Crippen molar-refractivity contribution in [2.24, 2.45) is 11.8 Å². The lowest BCUT2D eigenvalue weighted by molar-refractivity contribution is -0.146. The van der Waals surface area contributed by atoms with Crippen molar-refractivity contribution in [1.29, 1.82) is 5.26 Å². The van der Waals surface area contributed by atoms with Gasteiger partial charge in [0, 0.05) is 6.54 Å². The Kier molecular flexibility index (Phi) is 5.76. The molecule has 1 aliphatic rings. The first-order valence-electron chi connectivity index (χ1n) is 6.38. The zero-order chi connectivity index (χ0) is 14.5. The van der Waals surface area contributed by atoms with Gasteiger partial charge in [0.2, 0.25) is 10.0 Å². The van der Waals surface area contributed by atoms with E-state index in [0.29, 0.717) is 12.8 Å². The summed E-state index contributed by atoms with van der Waals surface area (Å²) in [6.45, 7) is 1.71. The summed E-state index contributed by atoms with van der Waals surface area (Å²) < 4.78 is 31.5. The number of hydrogen-bond acceptors (Lipinski definition) is 5. The first kappa shape index (κ1) is 15.9. The van der Waals surface area contributed by atoms with Crippen LogP contribution in [0.25, 0.3) is 0 Å². The van der Waals surface area contributed by atoms with Crippen molar-refractivity contribution in [3.8, 4) is 6.07 Å². The van der Waals surface area contributed by atoms with Crippen LogP contribution in [0.15, 0.2) is 0 Å². The average Bonchev–Trinajstić information content (AvgIpc) is 2.43. The molecule has 1 fully saturated rings. The molecule has 0 heterocycles. The number of rotatable bonds is 5. The van der Waals surface area contributed by atoms with E-state index in [4.69, 9.17) is 5.26 Å². The minimum atomic E-state index is -3.59. The molecule has 3 atom stereocenters. The predicted octanol–water partition coefficient (Wildman–Crippen LogP) is 0.797. The van der Waals surface area contributed by atoms with E-state index in [9.17, 15) is 13.2 Å². The van der Waals surface area contributed by atoms with Crippen LogP contribution in [0.2, 0.25) is 0 Å². The van der Waals surface area contributed by atoms with E-state index >= 15 is 0 Å². The summed E-state index contributed by atoms with van der Waals surface area (Å²) in [5.74, 6) is -1.47. The van der Waals surface area contributed by atoms with Gasteiger partial charge in [-0.3, -0.25) is 4.79 Å². The number of nitrogens with one attached hydrogen (secondary N) is 1. The maximum atomic E-state index is 12.2. The number of ether oxygens (including phenoxy) is 1. The van der Waals surface area contributed by atoms with E-state index in [1.807, 2.05) is 6.07 Å². The molecule has 0 bridgehead atoms. The quantitative estimate of drug-likeness (QED) is 0.755. The minimum Gasteiger partial charge on any atom is -0.469 e. The zero-order valence-corrected chi connectivity index (χ0v) is 12.1. The van der Waals surface area contributed by atoms with Crippen molar-refractivity contribution >= 4 is 16.0 Å². The minimum absolute atomic E-state index is 0.0726. The molecular weight excluding hydrogens is 268 g/mol. The van der Waals surface area contributed by atoms with E-state index in [0.717, 1.165) is 12.8 Å². The monoisotopic (exact) mass is 288 g/mol. The van der Waals surface area contributed by atoms with E-state index in [1.165, 1.54) is 7.11 Å². The maximum Gasteiger partial charge on any atom is 0.310 e. The van der Waals surface area contributed by atoms with Crippen molar-refractivity contribution in [2.75, 3.05) is 13.7 Å². The standard InChI is InChI=1S/C12H20N2O4S/c1-9(7-13)8-14-19(16,17)11-6-4-3-5-10(11)12(15)18-2/h9-11,14H,3-6,8H2,1-2H3/t9-,10+,11+/m0/s1. The maximum absolute atomic E-state index is 12.2. The van der Waals surface area contributed by atoms with Crippen LogP contribution in [0, 0.1) is 23.2 Å². The highest BCUT2D eigenvalue weighted by molar-refractivity contribution is 7.90. The molecule has 0 saturated heterocycles. The van der Waals surface area contributed by atoms with Gasteiger partial charge in [-0.05, 0) is 19.8 Å². The number of esters is 1. The molecule has 1 aliphatic carbocycles. The molecule has 0 aromatic rings. The molecule has 1 saturated carbocycles. The molecule has 7 heteroatoms. The van der Waals surface area contributed by atoms with Gasteiger partial charge < -0.3 is 4.74 Å². The van der Waals surface area contributed by atoms with Crippen LogP contribution in [0.3, 0.4) is 0 Å². The molecule has 0 aromatic carbocycles. The number of hydrogen-bond donors (Lipinski definition) is 1. The summed E-state index contributed by atoms with van der Waals surface area (Å²) in [5, 5.41) is 7.91. The van der Waals surface area contributed by atoms with Gasteiger partial charge in [0.15, 0.2) is 0 Å². The van der Waals surface area contributed by atoms with Gasteiger partial charge >= 0.3 is 5.97 Å². The van der Waals surface area contributed by atoms with Gasteiger partial charge in [0.25, 0.3) is 0 Å². The second kappa shape index (κ2) is 6.87. The Morgan fingerprint density at radius 1 is 1.47 bits per heavy atom. The summed E-state index contributed by atoms with van der Waals surface area (Å²) in [5.41, 5.74) is 0. The van der Waals surface area contributed by atoms with Crippen LogP contribution in [-0.2, 0) is 19.6 Å². The Bertz CT molecular complexity index is 455. The van der Waals surface area contributed by atoms with Crippen molar-refractivity contribution in [3.05, 3.63) is 0 Å². The number of carbonyl (C=O) groups excluding carboxylic acids is 1. The van der Waals surface area contributed by atoms with Crippen LogP contribution in [0.5, 0.6) is 0 Å². The van der Waals surface area contributed by atoms with Gasteiger partial charge in [-0.25, -0.2) is 13.1 Å². The molecule has 1 rings (SSSR count). The van der Waals surface area contributed by atoms with E-state index in [1.54, 1.807) is 6.92 Å². The molecular formula is C12H20N2O4S. The summed E-state index contributed by atoms with van der Waals surface area (Å²) in [4.78, 5) is 11.7. The number of sulfonamides is 1. The van der Waals surface area contributed by atoms with E-state index < -0.39 is 33.1 Å². The lowest BCUT2D eigenvalue weighted by Gasteiger charge is -2.29. The van der Waals surface area contributed by atoms with E-state index in [2.05, 4.69) is 9.46 Å². The molecule has 6 nitrogen and oxygen atoms in total. The van der Waals surface area contributed by atoms with Crippen molar-refractivity contribution < 1.29 is 17.9 Å². The average molecular weight is 288 g/mol. The fourth-order valence-electron chi connectivity index (χ4n) is 2.28. The van der Waals surface area contributed by atoms with E-state index in [-0.39, 0.29) is 6.54 Å². The number of methoxy groups -OCH3 is 1. The highest BCUT2D eigenvalue weighted by Gasteiger charge is 2.40. The number of nitriles is 1. The molecule has 0 spiro atoms. The Balaban J connectivity index is 2.79. The molecule has 0 aromatic heterocycles. The Morgan fingerprint density at radius 2 is 2.11 bits per heavy atom. The molecule has 0 radical (unpaired) electrons. The molecule has 108 valence electrons. The van der Waals surface area contributed by atoms with Crippen LogP contribution < -0.4 is 4.72 Å². The fourth-order valence-corrected chi connectivity index (χ4v) is 4.14. The summed E-state index contributed by atoms with van der Waals surface area (Å²) >= 11 is 0. The van der Waals surface area contributed by atoms with Crippen LogP contribution in [0.4, 0.5) is 0 Å². The molecule has 19 heavy (non-hydrogen) atoms. The van der Waals surface area contributed by atoms with Crippen LogP contribution in [0.1, 0.15) is 32.6 Å². The van der Waals surface area contributed by atoms with Gasteiger partial charge in [0.05, 0.1) is 30.3 Å². The number of nitrogens with zero attached hydrogens (tertiary/aromatic N) is 1. The SMILES string of the molecule is COC(=O)[C@@H]1CCCC[C@H]1S(=O)(=O)NC[C@@H](C)C#N. The largest absolute Gasteiger partial charge is 0.469 e. The number of carbonyl (C=O) groups is 1. The summed E-state index contributed by atoms with van der Waals surface area (Å²) in [7, 11) is -2.33. The van der Waals surface area contributed by atoms with Crippen LogP contribution >= 0.6 is 0 Å².